The van der Waals surface area contributed by atoms with E-state index in [9.17, 15) is 4.79 Å². The molecule has 1 aromatic carbocycles. The number of nitrogens with one attached hydrogen (secondary N) is 1. The highest BCUT2D eigenvalue weighted by Gasteiger charge is 2.28. The Balaban J connectivity index is 2.30. The van der Waals surface area contributed by atoms with Crippen LogP contribution in [0.4, 0.5) is 0 Å². The minimum Gasteiger partial charge on any atom is -0.497 e. The van der Waals surface area contributed by atoms with Crippen LogP contribution in [0.1, 0.15) is 38.8 Å². The van der Waals surface area contributed by atoms with Gasteiger partial charge in [0.1, 0.15) is 11.6 Å². The Labute approximate surface area is 113 Å². The van der Waals surface area contributed by atoms with Crippen LogP contribution in [0.25, 0.3) is 0 Å². The molecule has 1 aliphatic heterocycles. The maximum atomic E-state index is 11.8. The molecule has 2 rings (SSSR count). The van der Waals surface area contributed by atoms with Gasteiger partial charge < -0.3 is 10.1 Å². The number of methoxy groups -OCH3 is 1. The third-order valence-electron chi connectivity index (χ3n) is 3.13. The van der Waals surface area contributed by atoms with Crippen LogP contribution in [0.2, 0.25) is 0 Å². The Morgan fingerprint density at radius 3 is 2.42 bits per heavy atom. The number of amides is 1. The first-order valence-corrected chi connectivity index (χ1v) is 6.42. The van der Waals surface area contributed by atoms with Gasteiger partial charge in [-0.2, -0.15) is 0 Å². The summed E-state index contributed by atoms with van der Waals surface area (Å²) >= 11 is 0. The summed E-state index contributed by atoms with van der Waals surface area (Å²) < 4.78 is 5.14. The third kappa shape index (κ3) is 3.13. The maximum absolute atomic E-state index is 11.8. The molecule has 0 unspecified atom stereocenters. The van der Waals surface area contributed by atoms with Crippen LogP contribution >= 0.6 is 0 Å². The Bertz CT molecular complexity index is 498. The lowest BCUT2D eigenvalue weighted by atomic mass is 9.92. The molecule has 0 radical (unpaired) electrons. The van der Waals surface area contributed by atoms with E-state index in [-0.39, 0.29) is 17.4 Å². The molecule has 0 aliphatic carbocycles. The van der Waals surface area contributed by atoms with E-state index in [1.165, 1.54) is 0 Å². The fourth-order valence-corrected chi connectivity index (χ4v) is 1.99. The minimum absolute atomic E-state index is 0.0285. The normalized spacial score (nSPS) is 19.7. The van der Waals surface area contributed by atoms with Gasteiger partial charge in [0.2, 0.25) is 5.91 Å². The van der Waals surface area contributed by atoms with E-state index in [1.807, 2.05) is 45.0 Å². The number of hydrogen-bond donors (Lipinski definition) is 1. The van der Waals surface area contributed by atoms with Crippen LogP contribution in [0.5, 0.6) is 5.75 Å². The van der Waals surface area contributed by atoms with Crippen molar-refractivity contribution in [3.05, 3.63) is 29.8 Å². The lowest BCUT2D eigenvalue weighted by molar-refractivity contribution is -0.120. The van der Waals surface area contributed by atoms with Gasteiger partial charge in [0.25, 0.3) is 0 Å². The molecule has 0 bridgehead atoms. The number of benzene rings is 1. The molecule has 4 nitrogen and oxygen atoms in total. The second-order valence-corrected chi connectivity index (χ2v) is 5.77. The van der Waals surface area contributed by atoms with Crippen molar-refractivity contribution in [2.45, 2.75) is 33.2 Å². The number of ether oxygens (including phenoxy) is 1. The number of carbonyl (C=O) groups is 1. The molecule has 102 valence electrons. The Kier molecular flexibility index (Phi) is 3.60. The summed E-state index contributed by atoms with van der Waals surface area (Å²) in [7, 11) is 1.64. The molecule has 1 heterocycles. The van der Waals surface area contributed by atoms with Gasteiger partial charge in [-0.25, -0.2) is 0 Å². The van der Waals surface area contributed by atoms with Crippen molar-refractivity contribution in [3.8, 4) is 5.75 Å². The molecule has 0 fully saturated rings. The lowest BCUT2D eigenvalue weighted by Gasteiger charge is -2.28. The van der Waals surface area contributed by atoms with Crippen molar-refractivity contribution < 1.29 is 9.53 Å². The molecule has 0 saturated heterocycles. The standard InChI is InChI=1S/C15H20N2O2/c1-15(2,3)14-16-12(9-13(18)17-14)10-5-7-11(19-4)8-6-10/h5-8,12H,9H2,1-4H3,(H,16,17,18)/t12-/m1/s1. The summed E-state index contributed by atoms with van der Waals surface area (Å²) in [6, 6.07) is 7.62. The van der Waals surface area contributed by atoms with Crippen LogP contribution in [0.15, 0.2) is 29.3 Å². The van der Waals surface area contributed by atoms with E-state index in [0.717, 1.165) is 17.1 Å². The second kappa shape index (κ2) is 5.03. The number of hydrogen-bond acceptors (Lipinski definition) is 3. The van der Waals surface area contributed by atoms with Crippen LogP contribution in [0, 0.1) is 5.41 Å². The van der Waals surface area contributed by atoms with Gasteiger partial charge in [0, 0.05) is 5.41 Å². The average Bonchev–Trinajstić information content (AvgIpc) is 2.37. The van der Waals surface area contributed by atoms with Crippen molar-refractivity contribution in [2.24, 2.45) is 10.4 Å². The zero-order valence-electron chi connectivity index (χ0n) is 11.9. The lowest BCUT2D eigenvalue weighted by Crippen LogP contribution is -2.43. The Morgan fingerprint density at radius 1 is 1.26 bits per heavy atom. The summed E-state index contributed by atoms with van der Waals surface area (Å²) in [4.78, 5) is 16.5. The van der Waals surface area contributed by atoms with Gasteiger partial charge in [-0.3, -0.25) is 9.79 Å². The fourth-order valence-electron chi connectivity index (χ4n) is 1.99. The first-order chi connectivity index (χ1) is 8.90. The van der Waals surface area contributed by atoms with E-state index in [4.69, 9.17) is 4.74 Å². The minimum atomic E-state index is -0.152. The predicted molar refractivity (Wildman–Crippen MR) is 75.4 cm³/mol. The molecular formula is C15H20N2O2. The van der Waals surface area contributed by atoms with Gasteiger partial charge >= 0.3 is 0 Å². The largest absolute Gasteiger partial charge is 0.497 e. The van der Waals surface area contributed by atoms with Crippen LogP contribution in [0.3, 0.4) is 0 Å². The number of amidine groups is 1. The highest BCUT2D eigenvalue weighted by Crippen LogP contribution is 2.28. The summed E-state index contributed by atoms with van der Waals surface area (Å²) in [5, 5.41) is 2.86. The monoisotopic (exact) mass is 260 g/mol. The third-order valence-corrected chi connectivity index (χ3v) is 3.13. The Morgan fingerprint density at radius 2 is 1.89 bits per heavy atom. The zero-order valence-corrected chi connectivity index (χ0v) is 11.9. The van der Waals surface area contributed by atoms with Gasteiger partial charge in [-0.05, 0) is 17.7 Å². The second-order valence-electron chi connectivity index (χ2n) is 5.77. The molecule has 0 spiro atoms. The van der Waals surface area contributed by atoms with E-state index < -0.39 is 0 Å². The molecule has 4 heteroatoms. The van der Waals surface area contributed by atoms with Crippen molar-refractivity contribution in [3.63, 3.8) is 0 Å². The smallest absolute Gasteiger partial charge is 0.227 e. The number of carbonyl (C=O) groups excluding carboxylic acids is 1. The zero-order chi connectivity index (χ0) is 14.0. The average molecular weight is 260 g/mol. The van der Waals surface area contributed by atoms with Crippen molar-refractivity contribution >= 4 is 11.7 Å². The molecule has 0 aromatic heterocycles. The highest BCUT2D eigenvalue weighted by atomic mass is 16.5. The van der Waals surface area contributed by atoms with Gasteiger partial charge in [0.15, 0.2) is 0 Å². The fraction of sp³-hybridized carbons (Fsp3) is 0.467. The van der Waals surface area contributed by atoms with E-state index in [0.29, 0.717) is 6.42 Å². The molecule has 1 atom stereocenters. The topological polar surface area (TPSA) is 50.7 Å². The molecular weight excluding hydrogens is 240 g/mol. The van der Waals surface area contributed by atoms with E-state index in [1.54, 1.807) is 7.11 Å². The van der Waals surface area contributed by atoms with Gasteiger partial charge in [-0.1, -0.05) is 32.9 Å². The van der Waals surface area contributed by atoms with E-state index in [2.05, 4.69) is 10.3 Å². The predicted octanol–water partition coefficient (Wildman–Crippen LogP) is 2.70. The molecule has 1 N–H and O–H groups in total. The molecule has 1 amide bonds. The number of aliphatic imine (C=N–C) groups is 1. The summed E-state index contributed by atoms with van der Waals surface area (Å²) in [6.07, 6.45) is 0.395. The molecule has 19 heavy (non-hydrogen) atoms. The Hall–Kier alpha value is -1.84. The van der Waals surface area contributed by atoms with Gasteiger partial charge in [0.05, 0.1) is 19.6 Å². The molecule has 1 aromatic rings. The summed E-state index contributed by atoms with van der Waals surface area (Å²) in [5.41, 5.74) is 0.887. The first-order valence-electron chi connectivity index (χ1n) is 6.42. The van der Waals surface area contributed by atoms with Crippen LogP contribution in [-0.4, -0.2) is 18.9 Å². The SMILES string of the molecule is COc1ccc([C@H]2CC(=O)NC(C(C)(C)C)=N2)cc1. The van der Waals surface area contributed by atoms with Crippen LogP contribution < -0.4 is 10.1 Å². The van der Waals surface area contributed by atoms with Crippen LogP contribution in [-0.2, 0) is 4.79 Å². The molecule has 0 saturated carbocycles. The van der Waals surface area contributed by atoms with Crippen molar-refractivity contribution in [1.29, 1.82) is 0 Å². The quantitative estimate of drug-likeness (QED) is 0.888. The first kappa shape index (κ1) is 13.6. The number of rotatable bonds is 2. The number of nitrogens with zero attached hydrogens (tertiary/aromatic N) is 1. The summed E-state index contributed by atoms with van der Waals surface area (Å²) in [6.45, 7) is 6.13. The molecule has 1 aliphatic rings. The van der Waals surface area contributed by atoms with Crippen molar-refractivity contribution in [2.75, 3.05) is 7.11 Å². The highest BCUT2D eigenvalue weighted by molar-refractivity contribution is 6.02. The summed E-state index contributed by atoms with van der Waals surface area (Å²) in [5.74, 6) is 1.59. The van der Waals surface area contributed by atoms with Gasteiger partial charge in [-0.15, -0.1) is 0 Å². The van der Waals surface area contributed by atoms with Crippen molar-refractivity contribution in [1.82, 2.24) is 5.32 Å². The van der Waals surface area contributed by atoms with E-state index >= 15 is 0 Å². The maximum Gasteiger partial charge on any atom is 0.227 e.